The first-order valence-corrected chi connectivity index (χ1v) is 5.73. The molecule has 1 saturated heterocycles. The van der Waals surface area contributed by atoms with E-state index in [2.05, 4.69) is 9.26 Å². The Bertz CT molecular complexity index is 284. The zero-order chi connectivity index (χ0) is 12.5. The van der Waals surface area contributed by atoms with Crippen LogP contribution in [-0.2, 0) is 13.8 Å². The van der Waals surface area contributed by atoms with E-state index in [-0.39, 0.29) is 103 Å². The number of phosphoric ester groups is 1. The molecular formula is C6H11K2O9P. The third kappa shape index (κ3) is 6.96. The number of ether oxygens (including phenoxy) is 1. The molecule has 96 valence electrons. The number of aliphatic hydroxyl groups excluding tert-OH is 4. The molecule has 0 radical (unpaired) electrons. The number of hydrogen-bond acceptors (Lipinski definition) is 9. The van der Waals surface area contributed by atoms with Crippen LogP contribution in [0.2, 0.25) is 0 Å². The van der Waals surface area contributed by atoms with Gasteiger partial charge in [0.1, 0.15) is 24.4 Å². The fourth-order valence-corrected chi connectivity index (χ4v) is 1.71. The minimum Gasteiger partial charge on any atom is -0.790 e. The zero-order valence-corrected chi connectivity index (χ0v) is 17.0. The normalized spacial score (nSPS) is 36.4. The molecule has 0 unspecified atom stereocenters. The van der Waals surface area contributed by atoms with Gasteiger partial charge >= 0.3 is 103 Å². The van der Waals surface area contributed by atoms with E-state index in [1.807, 2.05) is 0 Å². The van der Waals surface area contributed by atoms with Gasteiger partial charge in [-0.25, -0.2) is 0 Å². The maximum atomic E-state index is 10.3. The molecule has 12 heteroatoms. The topological polar surface area (TPSA) is 163 Å². The molecule has 0 aromatic heterocycles. The van der Waals surface area contributed by atoms with Gasteiger partial charge in [0.2, 0.25) is 0 Å². The van der Waals surface area contributed by atoms with Crippen LogP contribution in [0.5, 0.6) is 0 Å². The summed E-state index contributed by atoms with van der Waals surface area (Å²) in [5.74, 6) is 0. The monoisotopic (exact) mass is 337 g/mol. The van der Waals surface area contributed by atoms with Gasteiger partial charge in [0.25, 0.3) is 0 Å². The van der Waals surface area contributed by atoms with Gasteiger partial charge in [-0.2, -0.15) is 0 Å². The SMILES string of the molecule is O=P([O-])([O-])O[13C@H]1O[C@H](CO)[C@H](O)[C@H](O)[C@H]1O.[K+].[K+]. The third-order valence-electron chi connectivity index (χ3n) is 2.08. The fourth-order valence-electron chi connectivity index (χ4n) is 1.28. The Balaban J connectivity index is 0. The van der Waals surface area contributed by atoms with Crippen molar-refractivity contribution in [3.63, 3.8) is 0 Å². The van der Waals surface area contributed by atoms with E-state index in [9.17, 15) is 29.7 Å². The van der Waals surface area contributed by atoms with Gasteiger partial charge in [0, 0.05) is 0 Å². The van der Waals surface area contributed by atoms with Gasteiger partial charge in [0.15, 0.2) is 6.29 Å². The molecule has 4 N–H and O–H groups in total. The van der Waals surface area contributed by atoms with Crippen molar-refractivity contribution in [3.8, 4) is 0 Å². The molecule has 1 fully saturated rings. The van der Waals surface area contributed by atoms with E-state index in [0.717, 1.165) is 0 Å². The quantitative estimate of drug-likeness (QED) is 0.222. The Kier molecular flexibility index (Phi) is 13.1. The van der Waals surface area contributed by atoms with Crippen LogP contribution >= 0.6 is 7.82 Å². The van der Waals surface area contributed by atoms with Crippen molar-refractivity contribution in [2.45, 2.75) is 30.7 Å². The van der Waals surface area contributed by atoms with Crippen LogP contribution in [0.25, 0.3) is 0 Å². The molecule has 1 aliphatic heterocycles. The van der Waals surface area contributed by atoms with Crippen LogP contribution < -0.4 is 113 Å². The maximum absolute atomic E-state index is 10.3. The van der Waals surface area contributed by atoms with E-state index < -0.39 is 45.1 Å². The summed E-state index contributed by atoms with van der Waals surface area (Å²) in [4.78, 5) is 20.6. The van der Waals surface area contributed by atoms with E-state index in [4.69, 9.17) is 5.11 Å². The van der Waals surface area contributed by atoms with E-state index >= 15 is 0 Å². The summed E-state index contributed by atoms with van der Waals surface area (Å²) < 4.78 is 18.7. The van der Waals surface area contributed by atoms with Crippen molar-refractivity contribution >= 4 is 7.82 Å². The molecule has 0 bridgehead atoms. The molecule has 18 heavy (non-hydrogen) atoms. The van der Waals surface area contributed by atoms with Gasteiger partial charge in [-0.15, -0.1) is 0 Å². The Morgan fingerprint density at radius 3 is 2.00 bits per heavy atom. The molecule has 0 aliphatic carbocycles. The summed E-state index contributed by atoms with van der Waals surface area (Å²) >= 11 is 0. The summed E-state index contributed by atoms with van der Waals surface area (Å²) in [7, 11) is -5.41. The van der Waals surface area contributed by atoms with Crippen LogP contribution in [-0.4, -0.2) is 57.7 Å². The molecule has 1 rings (SSSR count). The van der Waals surface area contributed by atoms with Gasteiger partial charge in [-0.05, 0) is 0 Å². The summed E-state index contributed by atoms with van der Waals surface area (Å²) in [5, 5.41) is 36.5. The van der Waals surface area contributed by atoms with Crippen molar-refractivity contribution in [2.24, 2.45) is 0 Å². The minimum atomic E-state index is -5.41. The van der Waals surface area contributed by atoms with Crippen molar-refractivity contribution in [3.05, 3.63) is 0 Å². The van der Waals surface area contributed by atoms with Crippen LogP contribution in [0.3, 0.4) is 0 Å². The maximum Gasteiger partial charge on any atom is 1.00 e. The average Bonchev–Trinajstić information content (AvgIpc) is 2.17. The summed E-state index contributed by atoms with van der Waals surface area (Å²) in [5.41, 5.74) is 0. The third-order valence-corrected chi connectivity index (χ3v) is 2.55. The molecule has 5 atom stereocenters. The average molecular weight is 337 g/mol. The molecular weight excluding hydrogens is 326 g/mol. The first-order chi connectivity index (χ1) is 7.26. The van der Waals surface area contributed by atoms with Gasteiger partial charge in [0.05, 0.1) is 14.4 Å². The van der Waals surface area contributed by atoms with Gasteiger partial charge in [-0.3, -0.25) is 0 Å². The van der Waals surface area contributed by atoms with E-state index in [1.54, 1.807) is 0 Å². The van der Waals surface area contributed by atoms with Crippen molar-refractivity contribution in [1.82, 2.24) is 0 Å². The number of phosphoric acid groups is 1. The van der Waals surface area contributed by atoms with Crippen LogP contribution in [0, 0.1) is 0 Å². The van der Waals surface area contributed by atoms with Crippen molar-refractivity contribution < 1.29 is 147 Å². The number of aliphatic hydroxyl groups is 4. The Morgan fingerprint density at radius 1 is 1.11 bits per heavy atom. The summed E-state index contributed by atoms with van der Waals surface area (Å²) in [6.45, 7) is -0.743. The molecule has 0 spiro atoms. The second kappa shape index (κ2) is 10.1. The summed E-state index contributed by atoms with van der Waals surface area (Å²) in [6.07, 6.45) is -8.61. The fraction of sp³-hybridized carbons (Fsp3) is 1.00. The molecule has 0 aromatic rings. The Labute approximate surface area is 188 Å². The van der Waals surface area contributed by atoms with Crippen LogP contribution in [0.15, 0.2) is 0 Å². The first-order valence-electron chi connectivity index (χ1n) is 4.27. The molecule has 1 aliphatic rings. The predicted molar refractivity (Wildman–Crippen MR) is 42.5 cm³/mol. The smallest absolute Gasteiger partial charge is 0.790 e. The summed E-state index contributed by atoms with van der Waals surface area (Å²) in [6, 6.07) is 0. The van der Waals surface area contributed by atoms with E-state index in [0.29, 0.717) is 0 Å². The second-order valence-corrected chi connectivity index (χ2v) is 4.36. The Hall–Kier alpha value is 3.18. The van der Waals surface area contributed by atoms with Gasteiger partial charge in [-0.1, -0.05) is 0 Å². The van der Waals surface area contributed by atoms with Gasteiger partial charge < -0.3 is 44.0 Å². The molecule has 1 heterocycles. The largest absolute Gasteiger partial charge is 1.00 e. The second-order valence-electron chi connectivity index (χ2n) is 3.25. The predicted octanol–water partition coefficient (Wildman–Crippen LogP) is -10.4. The van der Waals surface area contributed by atoms with Crippen LogP contribution in [0.1, 0.15) is 0 Å². The molecule has 9 nitrogen and oxygen atoms in total. The number of rotatable bonds is 3. The Morgan fingerprint density at radius 2 is 1.61 bits per heavy atom. The van der Waals surface area contributed by atoms with Crippen molar-refractivity contribution in [2.75, 3.05) is 6.61 Å². The van der Waals surface area contributed by atoms with Crippen LogP contribution in [0.4, 0.5) is 0 Å². The molecule has 0 aromatic carbocycles. The van der Waals surface area contributed by atoms with Crippen molar-refractivity contribution in [1.29, 1.82) is 0 Å². The zero-order valence-electron chi connectivity index (χ0n) is 9.87. The number of hydrogen-bond donors (Lipinski definition) is 4. The van der Waals surface area contributed by atoms with E-state index in [1.165, 1.54) is 0 Å². The first kappa shape index (κ1) is 23.4. The minimum absolute atomic E-state index is 0. The molecule has 0 saturated carbocycles. The standard InChI is InChI=1S/C6H13O9P.2K/c7-1-2-3(8)4(9)5(10)6(14-2)15-16(11,12)13;;/h2-10H,1H2,(H2,11,12,13);;/q;2*+1/p-2/t2-,3+,4+,5-,6-;;/m1../s1/i6+1;;. The molecule has 0 amide bonds.